The minimum absolute atomic E-state index is 0.0105. The summed E-state index contributed by atoms with van der Waals surface area (Å²) in [5.74, 6) is 0.0250. The molecule has 2 aliphatic heterocycles. The number of amides is 2. The van der Waals surface area contributed by atoms with Crippen molar-refractivity contribution in [2.75, 3.05) is 58.5 Å². The first kappa shape index (κ1) is 28.2. The average molecular weight is 584 g/mol. The predicted octanol–water partition coefficient (Wildman–Crippen LogP) is 3.88. The van der Waals surface area contributed by atoms with Crippen LogP contribution in [0, 0.1) is 0 Å². The summed E-state index contributed by atoms with van der Waals surface area (Å²) in [7, 11) is 3.32. The highest BCUT2D eigenvalue weighted by molar-refractivity contribution is 6.07. The Morgan fingerprint density at radius 3 is 2.26 bits per heavy atom. The van der Waals surface area contributed by atoms with Crippen molar-refractivity contribution >= 4 is 17.5 Å². The van der Waals surface area contributed by atoms with Crippen molar-refractivity contribution < 1.29 is 32.2 Å². The van der Waals surface area contributed by atoms with Crippen molar-refractivity contribution in [3.05, 3.63) is 71.0 Å². The van der Waals surface area contributed by atoms with Gasteiger partial charge in [-0.1, -0.05) is 12.1 Å². The van der Waals surface area contributed by atoms with Gasteiger partial charge in [0.05, 0.1) is 38.1 Å². The van der Waals surface area contributed by atoms with Gasteiger partial charge in [0.2, 0.25) is 5.91 Å². The zero-order valence-corrected chi connectivity index (χ0v) is 23.5. The van der Waals surface area contributed by atoms with Crippen LogP contribution in [0.1, 0.15) is 40.2 Å². The second-order valence-corrected chi connectivity index (χ2v) is 10.9. The molecule has 0 radical (unpaired) electrons. The summed E-state index contributed by atoms with van der Waals surface area (Å²) in [5, 5.41) is 3.86. The van der Waals surface area contributed by atoms with Crippen LogP contribution in [0.5, 0.6) is 5.75 Å². The first-order chi connectivity index (χ1) is 20.1. The molecular formula is C30H32F3N5O4. The number of methoxy groups -OCH3 is 1. The number of morpholine rings is 1. The molecule has 0 N–H and O–H groups in total. The molecule has 2 aromatic carbocycles. The smallest absolute Gasteiger partial charge is 0.435 e. The fourth-order valence-corrected chi connectivity index (χ4v) is 5.93. The first-order valence-electron chi connectivity index (χ1n) is 13.9. The molecule has 2 amide bonds. The van der Waals surface area contributed by atoms with E-state index < -0.39 is 23.3 Å². The van der Waals surface area contributed by atoms with Gasteiger partial charge in [-0.05, 0) is 61.2 Å². The Kier molecular flexibility index (Phi) is 7.22. The van der Waals surface area contributed by atoms with E-state index in [1.807, 2.05) is 24.1 Å². The number of alkyl halides is 3. The van der Waals surface area contributed by atoms with E-state index in [9.17, 15) is 22.8 Å². The molecule has 1 saturated heterocycles. The monoisotopic (exact) mass is 583 g/mol. The standard InChI is InChI=1S/C30H32F3N5O4/c1-35(25(39)19-36-15-17-42-18-16-36)29(12-13-29)20-3-5-21(6-4-20)37-14-11-24-26(28(37)40)38(34-27(24)30(31,32)33)22-7-9-23(41-2)10-8-22/h3-10H,11-19H2,1-2H3. The van der Waals surface area contributed by atoms with Gasteiger partial charge in [-0.3, -0.25) is 14.5 Å². The van der Waals surface area contributed by atoms with Gasteiger partial charge in [0, 0.05) is 37.9 Å². The van der Waals surface area contributed by atoms with Crippen molar-refractivity contribution in [3.8, 4) is 11.4 Å². The van der Waals surface area contributed by atoms with Gasteiger partial charge in [-0.2, -0.15) is 18.3 Å². The summed E-state index contributed by atoms with van der Waals surface area (Å²) >= 11 is 0. The third-order valence-electron chi connectivity index (χ3n) is 8.52. The summed E-state index contributed by atoms with van der Waals surface area (Å²) in [6.07, 6.45) is -3.01. The number of hydrogen-bond acceptors (Lipinski definition) is 6. The predicted molar refractivity (Wildman–Crippen MR) is 148 cm³/mol. The van der Waals surface area contributed by atoms with E-state index in [0.29, 0.717) is 36.9 Å². The molecule has 2 fully saturated rings. The van der Waals surface area contributed by atoms with E-state index in [4.69, 9.17) is 9.47 Å². The maximum atomic E-state index is 13.9. The third kappa shape index (κ3) is 5.02. The van der Waals surface area contributed by atoms with Crippen molar-refractivity contribution in [2.24, 2.45) is 0 Å². The molecule has 1 aliphatic carbocycles. The maximum Gasteiger partial charge on any atom is 0.435 e. The molecule has 222 valence electrons. The molecule has 9 nitrogen and oxygen atoms in total. The van der Waals surface area contributed by atoms with Crippen LogP contribution in [0.3, 0.4) is 0 Å². The normalized spacial score (nSPS) is 18.5. The summed E-state index contributed by atoms with van der Waals surface area (Å²) in [5.41, 5.74) is 0.227. The van der Waals surface area contributed by atoms with Gasteiger partial charge in [-0.15, -0.1) is 0 Å². The lowest BCUT2D eigenvalue weighted by Crippen LogP contribution is -2.46. The number of fused-ring (bicyclic) bond motifs is 1. The molecular weight excluding hydrogens is 551 g/mol. The Hall–Kier alpha value is -3.90. The van der Waals surface area contributed by atoms with Crippen LogP contribution >= 0.6 is 0 Å². The molecule has 42 heavy (non-hydrogen) atoms. The van der Waals surface area contributed by atoms with Crippen molar-refractivity contribution in [1.82, 2.24) is 19.6 Å². The summed E-state index contributed by atoms with van der Waals surface area (Å²) in [6, 6.07) is 13.8. The summed E-state index contributed by atoms with van der Waals surface area (Å²) in [4.78, 5) is 32.3. The molecule has 3 aromatic rings. The van der Waals surface area contributed by atoms with Gasteiger partial charge in [0.1, 0.15) is 11.4 Å². The van der Waals surface area contributed by atoms with E-state index in [2.05, 4.69) is 10.00 Å². The maximum absolute atomic E-state index is 13.9. The number of carbonyl (C=O) groups excluding carboxylic acids is 2. The Balaban J connectivity index is 1.25. The Morgan fingerprint density at radius 2 is 1.67 bits per heavy atom. The van der Waals surface area contributed by atoms with Crippen LogP contribution in [-0.2, 0) is 27.7 Å². The topological polar surface area (TPSA) is 80.1 Å². The molecule has 0 spiro atoms. The lowest BCUT2D eigenvalue weighted by atomic mass is 10.00. The number of ether oxygens (including phenoxy) is 2. The zero-order chi connectivity index (χ0) is 29.6. The van der Waals surface area contributed by atoms with E-state index in [1.165, 1.54) is 12.0 Å². The second kappa shape index (κ2) is 10.7. The van der Waals surface area contributed by atoms with Gasteiger partial charge in [0.25, 0.3) is 5.91 Å². The van der Waals surface area contributed by atoms with Crippen LogP contribution in [0.25, 0.3) is 5.69 Å². The Labute approximate surface area is 241 Å². The number of likely N-dealkylation sites (N-methyl/N-ethyl adjacent to an activating group) is 1. The van der Waals surface area contributed by atoms with E-state index in [0.717, 1.165) is 36.2 Å². The fraction of sp³-hybridized carbons (Fsp3) is 0.433. The number of nitrogens with zero attached hydrogens (tertiary/aromatic N) is 5. The number of halogens is 3. The van der Waals surface area contributed by atoms with E-state index >= 15 is 0 Å². The molecule has 3 heterocycles. The number of anilines is 1. The number of carbonyl (C=O) groups is 2. The SMILES string of the molecule is COc1ccc(-n2nc(C(F)(F)F)c3c2C(=O)N(c2ccc(C4(N(C)C(=O)CN5CCOCC5)CC4)cc2)CC3)cc1. The lowest BCUT2D eigenvalue weighted by molar-refractivity contribution is -0.142. The van der Waals surface area contributed by atoms with Gasteiger partial charge >= 0.3 is 6.18 Å². The van der Waals surface area contributed by atoms with Crippen LogP contribution in [-0.4, -0.2) is 84.9 Å². The molecule has 1 saturated carbocycles. The van der Waals surface area contributed by atoms with E-state index in [-0.39, 0.29) is 30.1 Å². The van der Waals surface area contributed by atoms with Crippen LogP contribution in [0.15, 0.2) is 48.5 Å². The molecule has 6 rings (SSSR count). The van der Waals surface area contributed by atoms with Gasteiger partial charge in [0.15, 0.2) is 5.69 Å². The molecule has 0 bridgehead atoms. The first-order valence-corrected chi connectivity index (χ1v) is 13.9. The quantitative estimate of drug-likeness (QED) is 0.420. The molecule has 0 unspecified atom stereocenters. The Morgan fingerprint density at radius 1 is 1.02 bits per heavy atom. The minimum Gasteiger partial charge on any atom is -0.497 e. The molecule has 1 aromatic heterocycles. The van der Waals surface area contributed by atoms with Crippen LogP contribution in [0.2, 0.25) is 0 Å². The molecule has 12 heteroatoms. The second-order valence-electron chi connectivity index (χ2n) is 10.9. The third-order valence-corrected chi connectivity index (χ3v) is 8.52. The highest BCUT2D eigenvalue weighted by Crippen LogP contribution is 2.50. The van der Waals surface area contributed by atoms with Crippen molar-refractivity contribution in [2.45, 2.75) is 31.0 Å². The highest BCUT2D eigenvalue weighted by Gasteiger charge is 2.50. The highest BCUT2D eigenvalue weighted by atomic mass is 19.4. The van der Waals surface area contributed by atoms with E-state index in [1.54, 1.807) is 36.4 Å². The van der Waals surface area contributed by atoms with Crippen molar-refractivity contribution in [1.29, 1.82) is 0 Å². The average Bonchev–Trinajstić information content (AvgIpc) is 3.70. The summed E-state index contributed by atoms with van der Waals surface area (Å²) < 4.78 is 53.4. The molecule has 0 atom stereocenters. The van der Waals surface area contributed by atoms with Crippen LogP contribution < -0.4 is 9.64 Å². The lowest BCUT2D eigenvalue weighted by Gasteiger charge is -2.33. The van der Waals surface area contributed by atoms with Crippen molar-refractivity contribution in [3.63, 3.8) is 0 Å². The summed E-state index contributed by atoms with van der Waals surface area (Å²) in [6.45, 7) is 3.14. The fourth-order valence-electron chi connectivity index (χ4n) is 5.93. The minimum atomic E-state index is -4.70. The number of hydrogen-bond donors (Lipinski definition) is 0. The Bertz CT molecular complexity index is 1480. The number of benzene rings is 2. The molecule has 3 aliphatic rings. The number of rotatable bonds is 7. The van der Waals surface area contributed by atoms with Gasteiger partial charge in [-0.25, -0.2) is 4.68 Å². The number of aromatic nitrogens is 2. The van der Waals surface area contributed by atoms with Gasteiger partial charge < -0.3 is 19.3 Å². The zero-order valence-electron chi connectivity index (χ0n) is 23.5. The largest absolute Gasteiger partial charge is 0.497 e. The van der Waals surface area contributed by atoms with Crippen LogP contribution in [0.4, 0.5) is 18.9 Å².